The first-order valence-electron chi connectivity index (χ1n) is 6.60. The minimum Gasteiger partial charge on any atom is -0.383 e. The van der Waals surface area contributed by atoms with Gasteiger partial charge >= 0.3 is 0 Å². The first kappa shape index (κ1) is 12.9. The molecular weight excluding hydrogens is 228 g/mol. The summed E-state index contributed by atoms with van der Waals surface area (Å²) in [5, 5.41) is 3.24. The van der Waals surface area contributed by atoms with Gasteiger partial charge in [-0.15, -0.1) is 0 Å². The molecule has 0 radical (unpaired) electrons. The molecule has 0 aromatic carbocycles. The van der Waals surface area contributed by atoms with Crippen LogP contribution in [-0.2, 0) is 0 Å². The molecule has 0 atom stereocenters. The zero-order valence-corrected chi connectivity index (χ0v) is 10.7. The number of aromatic nitrogens is 2. The zero-order valence-electron chi connectivity index (χ0n) is 10.7. The molecule has 2 heterocycles. The second-order valence-electron chi connectivity index (χ2n) is 4.72. The summed E-state index contributed by atoms with van der Waals surface area (Å²) in [6, 6.07) is 1.71. The maximum atomic E-state index is 5.61. The Labute approximate surface area is 108 Å². The maximum absolute atomic E-state index is 5.61. The summed E-state index contributed by atoms with van der Waals surface area (Å²) in [4.78, 5) is 10.4. The van der Waals surface area contributed by atoms with E-state index in [1.807, 2.05) is 0 Å². The summed E-state index contributed by atoms with van der Waals surface area (Å²) < 4.78 is 0. The van der Waals surface area contributed by atoms with Gasteiger partial charge in [-0.2, -0.15) is 9.97 Å². The molecule has 1 fully saturated rings. The Bertz CT molecular complexity index is 353. The number of nitrogens with one attached hydrogen (secondary N) is 1. The van der Waals surface area contributed by atoms with Gasteiger partial charge in [0.25, 0.3) is 0 Å². The van der Waals surface area contributed by atoms with Crippen molar-refractivity contribution >= 4 is 17.6 Å². The number of hydrogen-bond acceptors (Lipinski definition) is 6. The highest BCUT2D eigenvalue weighted by atomic mass is 15.2. The largest absolute Gasteiger partial charge is 0.383 e. The molecule has 0 saturated carbocycles. The van der Waals surface area contributed by atoms with E-state index in [1.54, 1.807) is 6.07 Å². The average molecular weight is 250 g/mol. The summed E-state index contributed by atoms with van der Waals surface area (Å²) in [5.74, 6) is 1.32. The standard InChI is InChI=1S/C12H22N6/c13-10-9-11(17-12(14)16-10)15-5-8-18-6-3-1-2-4-7-18/h9H,1-8H2,(H5,13,14,15,16,17). The molecule has 1 aliphatic rings. The van der Waals surface area contributed by atoms with Gasteiger partial charge < -0.3 is 21.7 Å². The summed E-state index contributed by atoms with van der Waals surface area (Å²) >= 11 is 0. The number of likely N-dealkylation sites (tertiary alicyclic amines) is 1. The maximum Gasteiger partial charge on any atom is 0.223 e. The van der Waals surface area contributed by atoms with Gasteiger partial charge in [0.1, 0.15) is 11.6 Å². The topological polar surface area (TPSA) is 93.1 Å². The Hall–Kier alpha value is -1.56. The number of nitrogen functional groups attached to an aromatic ring is 2. The number of nitrogens with two attached hydrogens (primary N) is 2. The van der Waals surface area contributed by atoms with E-state index in [9.17, 15) is 0 Å². The SMILES string of the molecule is Nc1cc(NCCN2CCCCCC2)nc(N)n1. The molecule has 0 bridgehead atoms. The minimum atomic E-state index is 0.215. The molecule has 18 heavy (non-hydrogen) atoms. The molecule has 0 aliphatic carbocycles. The molecule has 100 valence electrons. The molecular formula is C12H22N6. The van der Waals surface area contributed by atoms with Crippen molar-refractivity contribution < 1.29 is 0 Å². The summed E-state index contributed by atoms with van der Waals surface area (Å²) in [6.45, 7) is 4.30. The van der Waals surface area contributed by atoms with Crippen molar-refractivity contribution in [1.82, 2.24) is 14.9 Å². The highest BCUT2D eigenvalue weighted by Crippen LogP contribution is 2.11. The smallest absolute Gasteiger partial charge is 0.223 e. The van der Waals surface area contributed by atoms with E-state index in [2.05, 4.69) is 20.2 Å². The van der Waals surface area contributed by atoms with Gasteiger partial charge in [-0.3, -0.25) is 0 Å². The highest BCUT2D eigenvalue weighted by molar-refractivity contribution is 5.48. The molecule has 6 heteroatoms. The minimum absolute atomic E-state index is 0.215. The van der Waals surface area contributed by atoms with Crippen LogP contribution in [0, 0.1) is 0 Å². The van der Waals surface area contributed by atoms with Crippen molar-refractivity contribution in [3.05, 3.63) is 6.07 Å². The normalized spacial score (nSPS) is 17.3. The van der Waals surface area contributed by atoms with Crippen LogP contribution in [0.25, 0.3) is 0 Å². The predicted molar refractivity (Wildman–Crippen MR) is 74.3 cm³/mol. The Balaban J connectivity index is 1.77. The van der Waals surface area contributed by atoms with Crippen LogP contribution in [0.5, 0.6) is 0 Å². The van der Waals surface area contributed by atoms with Crippen molar-refractivity contribution in [2.75, 3.05) is 43.0 Å². The van der Waals surface area contributed by atoms with Gasteiger partial charge in [-0.25, -0.2) is 0 Å². The molecule has 1 aromatic rings. The van der Waals surface area contributed by atoms with Gasteiger partial charge in [-0.05, 0) is 25.9 Å². The third-order valence-electron chi connectivity index (χ3n) is 3.20. The van der Waals surface area contributed by atoms with E-state index in [-0.39, 0.29) is 5.95 Å². The molecule has 1 saturated heterocycles. The molecule has 1 aromatic heterocycles. The highest BCUT2D eigenvalue weighted by Gasteiger charge is 2.08. The van der Waals surface area contributed by atoms with Gasteiger partial charge in [0.05, 0.1) is 0 Å². The van der Waals surface area contributed by atoms with Crippen LogP contribution in [0.3, 0.4) is 0 Å². The van der Waals surface area contributed by atoms with Crippen LogP contribution in [0.1, 0.15) is 25.7 Å². The lowest BCUT2D eigenvalue weighted by molar-refractivity contribution is 0.296. The Morgan fingerprint density at radius 2 is 1.83 bits per heavy atom. The Morgan fingerprint density at radius 1 is 1.11 bits per heavy atom. The molecule has 0 unspecified atom stereocenters. The predicted octanol–water partition coefficient (Wildman–Crippen LogP) is 0.929. The van der Waals surface area contributed by atoms with Gasteiger partial charge in [0.15, 0.2) is 0 Å². The van der Waals surface area contributed by atoms with Crippen LogP contribution in [0.2, 0.25) is 0 Å². The number of rotatable bonds is 4. The Kier molecular flexibility index (Phi) is 4.58. The van der Waals surface area contributed by atoms with Crippen molar-refractivity contribution in [2.45, 2.75) is 25.7 Å². The number of nitrogens with zero attached hydrogens (tertiary/aromatic N) is 3. The van der Waals surface area contributed by atoms with Gasteiger partial charge in [0.2, 0.25) is 5.95 Å². The number of hydrogen-bond donors (Lipinski definition) is 3. The summed E-state index contributed by atoms with van der Waals surface area (Å²) in [5.41, 5.74) is 11.2. The van der Waals surface area contributed by atoms with Crippen molar-refractivity contribution in [3.8, 4) is 0 Å². The lowest BCUT2D eigenvalue weighted by Crippen LogP contribution is -2.30. The second-order valence-corrected chi connectivity index (χ2v) is 4.72. The van der Waals surface area contributed by atoms with Crippen LogP contribution in [0.4, 0.5) is 17.6 Å². The quantitative estimate of drug-likeness (QED) is 0.736. The lowest BCUT2D eigenvalue weighted by Gasteiger charge is -2.19. The van der Waals surface area contributed by atoms with Gasteiger partial charge in [-0.1, -0.05) is 12.8 Å². The molecule has 2 rings (SSSR count). The van der Waals surface area contributed by atoms with E-state index in [4.69, 9.17) is 11.5 Å². The molecule has 5 N–H and O–H groups in total. The van der Waals surface area contributed by atoms with E-state index in [0.29, 0.717) is 11.6 Å². The molecule has 1 aliphatic heterocycles. The van der Waals surface area contributed by atoms with Gasteiger partial charge in [0, 0.05) is 19.2 Å². The number of anilines is 3. The zero-order chi connectivity index (χ0) is 12.8. The molecule has 0 amide bonds. The van der Waals surface area contributed by atoms with Crippen molar-refractivity contribution in [1.29, 1.82) is 0 Å². The first-order chi connectivity index (χ1) is 8.74. The van der Waals surface area contributed by atoms with Crippen LogP contribution < -0.4 is 16.8 Å². The van der Waals surface area contributed by atoms with Crippen LogP contribution in [0.15, 0.2) is 6.07 Å². The third-order valence-corrected chi connectivity index (χ3v) is 3.20. The fourth-order valence-corrected chi connectivity index (χ4v) is 2.28. The fraction of sp³-hybridized carbons (Fsp3) is 0.667. The van der Waals surface area contributed by atoms with E-state index in [1.165, 1.54) is 38.8 Å². The monoisotopic (exact) mass is 250 g/mol. The average Bonchev–Trinajstić information content (AvgIpc) is 2.56. The second kappa shape index (κ2) is 6.39. The van der Waals surface area contributed by atoms with Crippen molar-refractivity contribution in [3.63, 3.8) is 0 Å². The summed E-state index contributed by atoms with van der Waals surface area (Å²) in [6.07, 6.45) is 5.35. The van der Waals surface area contributed by atoms with Crippen molar-refractivity contribution in [2.24, 2.45) is 0 Å². The lowest BCUT2D eigenvalue weighted by atomic mass is 10.2. The van der Waals surface area contributed by atoms with Crippen LogP contribution >= 0.6 is 0 Å². The summed E-state index contributed by atoms with van der Waals surface area (Å²) in [7, 11) is 0. The third kappa shape index (κ3) is 4.03. The molecule has 6 nitrogen and oxygen atoms in total. The molecule has 0 spiro atoms. The van der Waals surface area contributed by atoms with E-state index in [0.717, 1.165) is 13.1 Å². The Morgan fingerprint density at radius 3 is 2.50 bits per heavy atom. The van der Waals surface area contributed by atoms with E-state index < -0.39 is 0 Å². The fourth-order valence-electron chi connectivity index (χ4n) is 2.28. The van der Waals surface area contributed by atoms with E-state index >= 15 is 0 Å². The van der Waals surface area contributed by atoms with Crippen LogP contribution in [-0.4, -0.2) is 41.0 Å². The first-order valence-corrected chi connectivity index (χ1v) is 6.60.